The molecule has 1 amide bonds. The number of amides is 1. The molecular weight excluding hydrogens is 298 g/mol. The lowest BCUT2D eigenvalue weighted by Crippen LogP contribution is -2.18. The van der Waals surface area contributed by atoms with Crippen LogP contribution in [0.1, 0.15) is 29.7 Å². The molecule has 1 aromatic carbocycles. The molecule has 114 valence electrons. The van der Waals surface area contributed by atoms with Crippen LogP contribution >= 0.6 is 0 Å². The van der Waals surface area contributed by atoms with Gasteiger partial charge in [-0.3, -0.25) is 9.00 Å². The largest absolute Gasteiger partial charge is 0.310 e. The van der Waals surface area contributed by atoms with E-state index in [1.54, 1.807) is 4.68 Å². The van der Waals surface area contributed by atoms with Crippen LogP contribution in [-0.2, 0) is 27.1 Å². The highest BCUT2D eigenvalue weighted by atomic mass is 32.2. The molecule has 1 N–H and O–H groups in total. The Hall–Kier alpha value is -1.95. The topological polar surface area (TPSA) is 64.0 Å². The first-order chi connectivity index (χ1) is 10.6. The van der Waals surface area contributed by atoms with Gasteiger partial charge in [0.1, 0.15) is 5.82 Å². The van der Waals surface area contributed by atoms with E-state index in [4.69, 9.17) is 0 Å². The summed E-state index contributed by atoms with van der Waals surface area (Å²) in [4.78, 5) is 12.2. The van der Waals surface area contributed by atoms with E-state index in [0.29, 0.717) is 17.3 Å². The van der Waals surface area contributed by atoms with Crippen molar-refractivity contribution in [1.82, 2.24) is 9.78 Å². The fourth-order valence-electron chi connectivity index (χ4n) is 2.80. The molecule has 1 aliphatic heterocycles. The average molecular weight is 315 g/mol. The Morgan fingerprint density at radius 1 is 1.32 bits per heavy atom. The Morgan fingerprint density at radius 2 is 2.09 bits per heavy atom. The number of carbonyl (C=O) groups excluding carboxylic acids is 1. The number of hydrogen-bond donors (Lipinski definition) is 1. The van der Waals surface area contributed by atoms with Crippen LogP contribution in [0.5, 0.6) is 0 Å². The molecule has 5 nitrogen and oxygen atoms in total. The number of carbonyl (C=O) groups is 1. The summed E-state index contributed by atoms with van der Waals surface area (Å²) in [7, 11) is -0.906. The van der Waals surface area contributed by atoms with Gasteiger partial charge in [-0.05, 0) is 31.4 Å². The van der Waals surface area contributed by atoms with E-state index in [-0.39, 0.29) is 11.8 Å². The molecule has 1 fully saturated rings. The number of aryl methyl sites for hydroxylation is 1. The van der Waals surface area contributed by atoms with Gasteiger partial charge in [0, 0.05) is 22.3 Å². The number of rotatable bonds is 3. The number of aromatic nitrogens is 2. The van der Waals surface area contributed by atoms with Gasteiger partial charge in [0.15, 0.2) is 0 Å². The van der Waals surface area contributed by atoms with Gasteiger partial charge in [0.05, 0.1) is 22.9 Å². The maximum absolute atomic E-state index is 12.2. The summed E-state index contributed by atoms with van der Waals surface area (Å²) >= 11 is 0. The van der Waals surface area contributed by atoms with Gasteiger partial charge in [-0.25, -0.2) is 4.68 Å². The zero-order chi connectivity index (χ0) is 15.3. The van der Waals surface area contributed by atoms with Crippen molar-refractivity contribution >= 4 is 22.5 Å². The van der Waals surface area contributed by atoms with E-state index in [1.807, 2.05) is 31.2 Å². The summed E-state index contributed by atoms with van der Waals surface area (Å²) in [5.74, 6) is 1.83. The molecule has 1 aromatic heterocycles. The zero-order valence-electron chi connectivity index (χ0n) is 12.3. The number of para-hydroxylation sites is 1. The Bertz CT molecular complexity index is 793. The number of nitrogens with one attached hydrogen (secondary N) is 1. The predicted octanol–water partition coefficient (Wildman–Crippen LogP) is 2.29. The maximum Gasteiger partial charge on any atom is 0.228 e. The van der Waals surface area contributed by atoms with Crippen LogP contribution in [0.2, 0.25) is 0 Å². The third kappa shape index (κ3) is 2.27. The van der Waals surface area contributed by atoms with Crippen molar-refractivity contribution in [3.05, 3.63) is 41.1 Å². The van der Waals surface area contributed by atoms with Crippen LogP contribution in [0.4, 0.5) is 5.82 Å². The van der Waals surface area contributed by atoms with Gasteiger partial charge in [-0.15, -0.1) is 0 Å². The molecule has 0 bridgehead atoms. The van der Waals surface area contributed by atoms with Gasteiger partial charge in [0.2, 0.25) is 5.91 Å². The lowest BCUT2D eigenvalue weighted by molar-refractivity contribution is -0.117. The van der Waals surface area contributed by atoms with Crippen molar-refractivity contribution < 1.29 is 9.00 Å². The summed E-state index contributed by atoms with van der Waals surface area (Å²) in [6, 6.07) is 7.95. The molecule has 4 rings (SSSR count). The fraction of sp³-hybridized carbons (Fsp3) is 0.375. The van der Waals surface area contributed by atoms with Crippen LogP contribution < -0.4 is 5.32 Å². The van der Waals surface area contributed by atoms with Crippen LogP contribution in [0.3, 0.4) is 0 Å². The minimum atomic E-state index is -0.906. The number of hydrogen-bond acceptors (Lipinski definition) is 3. The summed E-state index contributed by atoms with van der Waals surface area (Å²) in [5.41, 5.74) is 3.81. The maximum atomic E-state index is 12.2. The number of fused-ring (bicyclic) bond motifs is 1. The normalized spacial score (nSPS) is 20.0. The first-order valence-corrected chi connectivity index (χ1v) is 8.95. The second-order valence-corrected chi connectivity index (χ2v) is 7.42. The second kappa shape index (κ2) is 5.05. The van der Waals surface area contributed by atoms with E-state index < -0.39 is 10.8 Å². The van der Waals surface area contributed by atoms with Crippen molar-refractivity contribution in [2.24, 2.45) is 5.92 Å². The van der Waals surface area contributed by atoms with Crippen LogP contribution in [0.25, 0.3) is 5.69 Å². The van der Waals surface area contributed by atoms with Crippen molar-refractivity contribution in [2.75, 3.05) is 5.32 Å². The minimum Gasteiger partial charge on any atom is -0.310 e. The molecule has 2 heterocycles. The summed E-state index contributed by atoms with van der Waals surface area (Å²) in [6.45, 7) is 2.02. The highest BCUT2D eigenvalue weighted by Gasteiger charge is 2.33. The number of anilines is 1. The van der Waals surface area contributed by atoms with Crippen LogP contribution in [0, 0.1) is 12.8 Å². The molecule has 1 aliphatic carbocycles. The molecule has 0 spiro atoms. The molecule has 1 atom stereocenters. The van der Waals surface area contributed by atoms with E-state index in [1.165, 1.54) is 0 Å². The lowest BCUT2D eigenvalue weighted by Gasteiger charge is -2.12. The Morgan fingerprint density at radius 3 is 2.82 bits per heavy atom. The van der Waals surface area contributed by atoms with E-state index in [9.17, 15) is 9.00 Å². The first kappa shape index (κ1) is 13.7. The molecule has 6 heteroatoms. The third-order valence-electron chi connectivity index (χ3n) is 4.20. The first-order valence-electron chi connectivity index (χ1n) is 7.46. The molecule has 2 aromatic rings. The second-order valence-electron chi connectivity index (χ2n) is 5.96. The molecule has 2 aliphatic rings. The van der Waals surface area contributed by atoms with Gasteiger partial charge in [0.25, 0.3) is 0 Å². The van der Waals surface area contributed by atoms with Gasteiger partial charge >= 0.3 is 0 Å². The van der Waals surface area contributed by atoms with E-state index in [0.717, 1.165) is 35.3 Å². The smallest absolute Gasteiger partial charge is 0.228 e. The monoisotopic (exact) mass is 315 g/mol. The molecule has 22 heavy (non-hydrogen) atoms. The van der Waals surface area contributed by atoms with Gasteiger partial charge in [-0.1, -0.05) is 18.2 Å². The molecule has 0 radical (unpaired) electrons. The third-order valence-corrected chi connectivity index (χ3v) is 5.41. The summed E-state index contributed by atoms with van der Waals surface area (Å²) in [5, 5.41) is 7.64. The number of benzene rings is 1. The predicted molar refractivity (Wildman–Crippen MR) is 85.2 cm³/mol. The quantitative estimate of drug-likeness (QED) is 0.945. The zero-order valence-corrected chi connectivity index (χ0v) is 13.2. The van der Waals surface area contributed by atoms with Gasteiger partial charge < -0.3 is 5.32 Å². The minimum absolute atomic E-state index is 0.0511. The lowest BCUT2D eigenvalue weighted by atomic mass is 10.2. The van der Waals surface area contributed by atoms with Crippen LogP contribution in [-0.4, -0.2) is 19.9 Å². The van der Waals surface area contributed by atoms with Gasteiger partial charge in [-0.2, -0.15) is 5.10 Å². The summed E-state index contributed by atoms with van der Waals surface area (Å²) in [6.07, 6.45) is 1.91. The SMILES string of the molecule is Cc1ccccc1-n1nc2c(c1NC(=O)C1CC1)CS(=O)C2. The molecule has 1 unspecified atom stereocenters. The Balaban J connectivity index is 1.81. The Labute approximate surface area is 131 Å². The number of nitrogens with zero attached hydrogens (tertiary/aromatic N) is 2. The molecule has 1 saturated carbocycles. The van der Waals surface area contributed by atoms with Crippen molar-refractivity contribution in [3.8, 4) is 5.69 Å². The molecule has 0 saturated heterocycles. The summed E-state index contributed by atoms with van der Waals surface area (Å²) < 4.78 is 13.6. The highest BCUT2D eigenvalue weighted by Crippen LogP contribution is 2.35. The Kier molecular flexibility index (Phi) is 3.14. The van der Waals surface area contributed by atoms with E-state index >= 15 is 0 Å². The highest BCUT2D eigenvalue weighted by molar-refractivity contribution is 7.83. The van der Waals surface area contributed by atoms with Crippen molar-refractivity contribution in [3.63, 3.8) is 0 Å². The fourth-order valence-corrected chi connectivity index (χ4v) is 4.06. The standard InChI is InChI=1S/C16H17N3O2S/c1-10-4-2-3-5-14(10)19-15(17-16(20)11-6-7-11)12-8-22(21)9-13(12)18-19/h2-5,11H,6-9H2,1H3,(H,17,20). The molecular formula is C16H17N3O2S. The van der Waals surface area contributed by atoms with Crippen molar-refractivity contribution in [2.45, 2.75) is 31.3 Å². The van der Waals surface area contributed by atoms with Crippen molar-refractivity contribution in [1.29, 1.82) is 0 Å². The van der Waals surface area contributed by atoms with E-state index in [2.05, 4.69) is 10.4 Å². The van der Waals surface area contributed by atoms with Crippen LogP contribution in [0.15, 0.2) is 24.3 Å². The average Bonchev–Trinajstić information content (AvgIpc) is 3.21.